The molecule has 1 N–H and O–H groups in total. The van der Waals surface area contributed by atoms with Gasteiger partial charge in [-0.1, -0.05) is 5.16 Å². The van der Waals surface area contributed by atoms with E-state index in [2.05, 4.69) is 20.4 Å². The first-order chi connectivity index (χ1) is 9.98. The zero-order valence-corrected chi connectivity index (χ0v) is 12.2. The van der Waals surface area contributed by atoms with E-state index in [1.54, 1.807) is 24.3 Å². The van der Waals surface area contributed by atoms with Crippen molar-refractivity contribution in [2.24, 2.45) is 0 Å². The molecule has 0 aliphatic carbocycles. The van der Waals surface area contributed by atoms with Gasteiger partial charge in [0.05, 0.1) is 12.0 Å². The summed E-state index contributed by atoms with van der Waals surface area (Å²) < 4.78 is 5.33. The molecule has 1 fully saturated rings. The van der Waals surface area contributed by atoms with E-state index in [0.29, 0.717) is 18.3 Å². The topological polar surface area (TPSA) is 84.2 Å². The van der Waals surface area contributed by atoms with Gasteiger partial charge in [-0.05, 0) is 31.5 Å². The van der Waals surface area contributed by atoms with E-state index >= 15 is 0 Å². The number of rotatable bonds is 3. The molecule has 1 unspecified atom stereocenters. The van der Waals surface area contributed by atoms with Crippen LogP contribution in [-0.2, 0) is 5.41 Å². The molecule has 3 heterocycles. The highest BCUT2D eigenvalue weighted by Crippen LogP contribution is 2.30. The molecule has 0 bridgehead atoms. The maximum atomic E-state index is 11.5. The maximum absolute atomic E-state index is 11.5. The number of aromatic nitrogens is 3. The summed E-state index contributed by atoms with van der Waals surface area (Å²) in [6, 6.07) is 3.48. The van der Waals surface area contributed by atoms with Crippen molar-refractivity contribution in [1.29, 1.82) is 0 Å². The Morgan fingerprint density at radius 1 is 1.38 bits per heavy atom. The van der Waals surface area contributed by atoms with Gasteiger partial charge in [0.25, 0.3) is 5.89 Å². The van der Waals surface area contributed by atoms with Crippen LogP contribution in [0.2, 0.25) is 0 Å². The third kappa shape index (κ3) is 2.35. The van der Waals surface area contributed by atoms with Gasteiger partial charge < -0.3 is 14.7 Å². The molecule has 1 atom stereocenters. The van der Waals surface area contributed by atoms with Crippen LogP contribution in [0.25, 0.3) is 0 Å². The molecule has 1 aliphatic rings. The molecule has 1 aliphatic heterocycles. The number of nitrogens with one attached hydrogen (secondary N) is 1. The molecule has 0 spiro atoms. The molecule has 7 nitrogen and oxygen atoms in total. The van der Waals surface area contributed by atoms with Gasteiger partial charge in [-0.25, -0.2) is 4.79 Å². The van der Waals surface area contributed by atoms with E-state index in [-0.39, 0.29) is 17.5 Å². The molecule has 3 rings (SSSR count). The molecule has 2 aromatic heterocycles. The zero-order valence-electron chi connectivity index (χ0n) is 12.2. The lowest BCUT2D eigenvalue weighted by Crippen LogP contribution is -2.24. The van der Waals surface area contributed by atoms with Crippen molar-refractivity contribution in [3.8, 4) is 0 Å². The molecule has 2 amide bonds. The first kappa shape index (κ1) is 13.5. The number of pyridine rings is 1. The van der Waals surface area contributed by atoms with Crippen molar-refractivity contribution < 1.29 is 9.32 Å². The average Bonchev–Trinajstić information content (AvgIpc) is 3.08. The number of amides is 2. The summed E-state index contributed by atoms with van der Waals surface area (Å²) in [4.78, 5) is 21.6. The molecule has 2 aromatic rings. The van der Waals surface area contributed by atoms with E-state index < -0.39 is 0 Å². The Labute approximate surface area is 122 Å². The average molecular weight is 287 g/mol. The van der Waals surface area contributed by atoms with Gasteiger partial charge in [0.15, 0.2) is 5.82 Å². The largest absolute Gasteiger partial charge is 0.337 e. The first-order valence-corrected chi connectivity index (χ1v) is 6.74. The predicted octanol–water partition coefficient (Wildman–Crippen LogP) is 1.49. The highest BCUT2D eigenvalue weighted by molar-refractivity contribution is 5.76. The number of urea groups is 1. The Bertz CT molecular complexity index is 652. The summed E-state index contributed by atoms with van der Waals surface area (Å²) in [6.07, 6.45) is 3.48. The Morgan fingerprint density at radius 3 is 2.71 bits per heavy atom. The van der Waals surface area contributed by atoms with Crippen molar-refractivity contribution in [3.05, 3.63) is 41.8 Å². The molecule has 110 valence electrons. The van der Waals surface area contributed by atoms with Crippen LogP contribution < -0.4 is 5.32 Å². The highest BCUT2D eigenvalue weighted by Gasteiger charge is 2.34. The van der Waals surface area contributed by atoms with E-state index in [9.17, 15) is 4.79 Å². The van der Waals surface area contributed by atoms with E-state index in [0.717, 1.165) is 5.56 Å². The van der Waals surface area contributed by atoms with Gasteiger partial charge in [-0.2, -0.15) is 4.98 Å². The number of hydrogen-bond donors (Lipinski definition) is 1. The van der Waals surface area contributed by atoms with Crippen molar-refractivity contribution in [3.63, 3.8) is 0 Å². The second kappa shape index (κ2) is 4.83. The summed E-state index contributed by atoms with van der Waals surface area (Å²) in [5, 5.41) is 6.89. The molecule has 7 heteroatoms. The van der Waals surface area contributed by atoms with E-state index in [1.165, 1.54) is 0 Å². The molecule has 0 saturated carbocycles. The summed E-state index contributed by atoms with van der Waals surface area (Å²) in [5.41, 5.74) is 0.663. The maximum Gasteiger partial charge on any atom is 0.317 e. The quantitative estimate of drug-likeness (QED) is 0.924. The Kier molecular flexibility index (Phi) is 3.12. The number of nitrogens with zero attached hydrogens (tertiary/aromatic N) is 4. The first-order valence-electron chi connectivity index (χ1n) is 6.74. The summed E-state index contributed by atoms with van der Waals surface area (Å²) in [5.74, 6) is 1.03. The smallest absolute Gasteiger partial charge is 0.317 e. The minimum atomic E-state index is -0.390. The van der Waals surface area contributed by atoms with Gasteiger partial charge in [0, 0.05) is 19.4 Å². The van der Waals surface area contributed by atoms with Gasteiger partial charge >= 0.3 is 6.03 Å². The van der Waals surface area contributed by atoms with Gasteiger partial charge in [-0.3, -0.25) is 4.98 Å². The standard InChI is InChI=1S/C14H17N5O2/c1-14(2,9-4-6-15-7-5-9)12-17-11(21-18-12)10-8-19(3)13(20)16-10/h4-7,10H,8H2,1-3H3,(H,16,20). The molecule has 0 aromatic carbocycles. The molecule has 21 heavy (non-hydrogen) atoms. The Morgan fingerprint density at radius 2 is 2.10 bits per heavy atom. The van der Waals surface area contributed by atoms with Gasteiger partial charge in [-0.15, -0.1) is 0 Å². The normalized spacial score (nSPS) is 18.9. The second-order valence-corrected chi connectivity index (χ2v) is 5.70. The highest BCUT2D eigenvalue weighted by atomic mass is 16.5. The lowest BCUT2D eigenvalue weighted by atomic mass is 9.84. The van der Waals surface area contributed by atoms with Crippen molar-refractivity contribution in [2.75, 3.05) is 13.6 Å². The van der Waals surface area contributed by atoms with Crippen molar-refractivity contribution >= 4 is 6.03 Å². The van der Waals surface area contributed by atoms with Crippen LogP contribution >= 0.6 is 0 Å². The third-order valence-electron chi connectivity index (χ3n) is 3.80. The molecular formula is C14H17N5O2. The third-order valence-corrected chi connectivity index (χ3v) is 3.80. The minimum absolute atomic E-state index is 0.131. The lowest BCUT2D eigenvalue weighted by molar-refractivity contribution is 0.226. The lowest BCUT2D eigenvalue weighted by Gasteiger charge is -2.20. The van der Waals surface area contributed by atoms with Crippen molar-refractivity contribution in [1.82, 2.24) is 25.3 Å². The van der Waals surface area contributed by atoms with Crippen LogP contribution in [0.15, 0.2) is 29.0 Å². The number of hydrogen-bond acceptors (Lipinski definition) is 5. The second-order valence-electron chi connectivity index (χ2n) is 5.70. The van der Waals surface area contributed by atoms with Crippen molar-refractivity contribution in [2.45, 2.75) is 25.3 Å². The fourth-order valence-corrected chi connectivity index (χ4v) is 2.33. The zero-order chi connectivity index (χ0) is 15.0. The number of carbonyl (C=O) groups is 1. The Hall–Kier alpha value is -2.44. The van der Waals surface area contributed by atoms with Crippen LogP contribution in [0.4, 0.5) is 4.79 Å². The van der Waals surface area contributed by atoms with Gasteiger partial charge in [0.1, 0.15) is 6.04 Å². The fraction of sp³-hybridized carbons (Fsp3) is 0.429. The monoisotopic (exact) mass is 287 g/mol. The van der Waals surface area contributed by atoms with E-state index in [4.69, 9.17) is 4.52 Å². The predicted molar refractivity (Wildman–Crippen MR) is 74.6 cm³/mol. The van der Waals surface area contributed by atoms with E-state index in [1.807, 2.05) is 26.0 Å². The van der Waals surface area contributed by atoms with Gasteiger partial charge in [0.2, 0.25) is 0 Å². The van der Waals surface area contributed by atoms with Crippen LogP contribution in [-0.4, -0.2) is 39.6 Å². The van der Waals surface area contributed by atoms with Crippen LogP contribution in [0.1, 0.15) is 37.2 Å². The number of likely N-dealkylation sites (N-methyl/N-ethyl adjacent to an activating group) is 1. The molecule has 0 radical (unpaired) electrons. The minimum Gasteiger partial charge on any atom is -0.337 e. The van der Waals surface area contributed by atoms with Crippen LogP contribution in [0.3, 0.4) is 0 Å². The van der Waals surface area contributed by atoms with Crippen LogP contribution in [0.5, 0.6) is 0 Å². The van der Waals surface area contributed by atoms with Crippen LogP contribution in [0, 0.1) is 0 Å². The summed E-state index contributed by atoms with van der Waals surface area (Å²) in [6.45, 7) is 4.57. The summed E-state index contributed by atoms with van der Waals surface area (Å²) in [7, 11) is 1.73. The Balaban J connectivity index is 1.87. The number of carbonyl (C=O) groups excluding carboxylic acids is 1. The SMILES string of the molecule is CN1CC(c2nc(C(C)(C)c3ccncc3)no2)NC1=O. The summed E-state index contributed by atoms with van der Waals surface area (Å²) >= 11 is 0. The molecule has 1 saturated heterocycles. The fourth-order valence-electron chi connectivity index (χ4n) is 2.33. The molecular weight excluding hydrogens is 270 g/mol.